The van der Waals surface area contributed by atoms with E-state index in [4.69, 9.17) is 0 Å². The van der Waals surface area contributed by atoms with Gasteiger partial charge in [0.1, 0.15) is 11.3 Å². The number of amides is 1. The maximum absolute atomic E-state index is 11.8. The molecule has 1 heterocycles. The molecule has 100 valence electrons. The van der Waals surface area contributed by atoms with Crippen molar-refractivity contribution in [3.8, 4) is 11.8 Å². The van der Waals surface area contributed by atoms with Gasteiger partial charge in [-0.3, -0.25) is 4.79 Å². The SMILES string of the molecule is CC(C)(O)C#Cc1ccc(C(=O)NC2CCC2)nc1. The number of rotatable bonds is 2. The molecule has 0 spiro atoms. The molecule has 2 rings (SSSR count). The minimum Gasteiger partial charge on any atom is -0.378 e. The van der Waals surface area contributed by atoms with Crippen LogP contribution in [-0.4, -0.2) is 27.6 Å². The molecule has 1 aliphatic rings. The number of carbonyl (C=O) groups excluding carboxylic acids is 1. The predicted octanol–water partition coefficient (Wildman–Crippen LogP) is 1.49. The van der Waals surface area contributed by atoms with Crippen LogP contribution >= 0.6 is 0 Å². The van der Waals surface area contributed by atoms with Crippen LogP contribution < -0.4 is 5.32 Å². The Hall–Kier alpha value is -1.86. The Morgan fingerprint density at radius 2 is 2.21 bits per heavy atom. The highest BCUT2D eigenvalue weighted by Crippen LogP contribution is 2.18. The number of aromatic nitrogens is 1. The van der Waals surface area contributed by atoms with E-state index in [1.54, 1.807) is 32.2 Å². The van der Waals surface area contributed by atoms with E-state index in [0.717, 1.165) is 12.8 Å². The molecule has 2 N–H and O–H groups in total. The van der Waals surface area contributed by atoms with Crippen molar-refractivity contribution >= 4 is 5.91 Å². The van der Waals surface area contributed by atoms with Crippen molar-refractivity contribution in [3.63, 3.8) is 0 Å². The first-order chi connectivity index (χ1) is 8.94. The second-order valence-corrected chi connectivity index (χ2v) is 5.34. The Morgan fingerprint density at radius 3 is 2.68 bits per heavy atom. The molecule has 0 atom stereocenters. The highest BCUT2D eigenvalue weighted by atomic mass is 16.3. The van der Waals surface area contributed by atoms with E-state index in [1.807, 2.05) is 0 Å². The van der Waals surface area contributed by atoms with Gasteiger partial charge in [-0.2, -0.15) is 0 Å². The molecule has 1 aromatic rings. The minimum absolute atomic E-state index is 0.133. The zero-order valence-electron chi connectivity index (χ0n) is 11.2. The zero-order valence-corrected chi connectivity index (χ0v) is 11.2. The van der Waals surface area contributed by atoms with Crippen LogP contribution in [0.15, 0.2) is 18.3 Å². The largest absolute Gasteiger partial charge is 0.378 e. The van der Waals surface area contributed by atoms with Crippen molar-refractivity contribution < 1.29 is 9.90 Å². The normalized spacial score (nSPS) is 15.1. The van der Waals surface area contributed by atoms with Gasteiger partial charge in [-0.1, -0.05) is 11.8 Å². The molecule has 0 aromatic carbocycles. The number of nitrogens with zero attached hydrogens (tertiary/aromatic N) is 1. The van der Waals surface area contributed by atoms with Gasteiger partial charge in [0.15, 0.2) is 0 Å². The molecule has 1 aliphatic carbocycles. The summed E-state index contributed by atoms with van der Waals surface area (Å²) < 4.78 is 0. The summed E-state index contributed by atoms with van der Waals surface area (Å²) in [5, 5.41) is 12.4. The second kappa shape index (κ2) is 5.41. The van der Waals surface area contributed by atoms with Crippen LogP contribution in [-0.2, 0) is 0 Å². The van der Waals surface area contributed by atoms with E-state index in [2.05, 4.69) is 22.1 Å². The molecule has 4 nitrogen and oxygen atoms in total. The summed E-state index contributed by atoms with van der Waals surface area (Å²) in [5.41, 5.74) is 0.0586. The van der Waals surface area contributed by atoms with Gasteiger partial charge in [-0.25, -0.2) is 4.98 Å². The molecule has 4 heteroatoms. The fourth-order valence-corrected chi connectivity index (χ4v) is 1.64. The molecule has 1 fully saturated rings. The van der Waals surface area contributed by atoms with Crippen molar-refractivity contribution in [1.82, 2.24) is 10.3 Å². The number of nitrogens with one attached hydrogen (secondary N) is 1. The standard InChI is InChI=1S/C15H18N2O2/c1-15(2,19)9-8-11-6-7-13(16-10-11)14(18)17-12-4-3-5-12/h6-7,10,12,19H,3-5H2,1-2H3,(H,17,18). The predicted molar refractivity (Wildman–Crippen MR) is 72.5 cm³/mol. The van der Waals surface area contributed by atoms with Crippen LogP contribution in [0.2, 0.25) is 0 Å². The van der Waals surface area contributed by atoms with E-state index in [9.17, 15) is 9.90 Å². The number of aliphatic hydroxyl groups is 1. The first kappa shape index (κ1) is 13.6. The summed E-state index contributed by atoms with van der Waals surface area (Å²) in [4.78, 5) is 15.9. The monoisotopic (exact) mass is 258 g/mol. The van der Waals surface area contributed by atoms with Crippen LogP contribution in [0.5, 0.6) is 0 Å². The molecule has 0 unspecified atom stereocenters. The summed E-state index contributed by atoms with van der Waals surface area (Å²) in [5.74, 6) is 5.39. The van der Waals surface area contributed by atoms with E-state index in [0.29, 0.717) is 17.3 Å². The van der Waals surface area contributed by atoms with Crippen molar-refractivity contribution in [1.29, 1.82) is 0 Å². The molecule has 19 heavy (non-hydrogen) atoms. The maximum Gasteiger partial charge on any atom is 0.270 e. The highest BCUT2D eigenvalue weighted by molar-refractivity contribution is 5.92. The van der Waals surface area contributed by atoms with Crippen molar-refractivity contribution in [2.75, 3.05) is 0 Å². The first-order valence-corrected chi connectivity index (χ1v) is 6.46. The Kier molecular flexibility index (Phi) is 3.87. The Balaban J connectivity index is 2.00. The number of pyridine rings is 1. The Bertz CT molecular complexity index is 514. The summed E-state index contributed by atoms with van der Waals surface area (Å²) in [6, 6.07) is 3.70. The lowest BCUT2D eigenvalue weighted by molar-refractivity contribution is 0.0912. The van der Waals surface area contributed by atoms with Crippen LogP contribution in [0.3, 0.4) is 0 Å². The van der Waals surface area contributed by atoms with Crippen LogP contribution in [0, 0.1) is 11.8 Å². The van der Waals surface area contributed by atoms with Gasteiger partial charge >= 0.3 is 0 Å². The average Bonchev–Trinajstić information content (AvgIpc) is 2.31. The minimum atomic E-state index is -1.03. The van der Waals surface area contributed by atoms with Crippen LogP contribution in [0.25, 0.3) is 0 Å². The molecular formula is C15H18N2O2. The second-order valence-electron chi connectivity index (χ2n) is 5.34. The van der Waals surface area contributed by atoms with E-state index < -0.39 is 5.60 Å². The molecule has 1 amide bonds. The smallest absolute Gasteiger partial charge is 0.270 e. The molecular weight excluding hydrogens is 240 g/mol. The fraction of sp³-hybridized carbons (Fsp3) is 0.467. The summed E-state index contributed by atoms with van der Waals surface area (Å²) in [7, 11) is 0. The lowest BCUT2D eigenvalue weighted by atomic mass is 9.93. The fourth-order valence-electron chi connectivity index (χ4n) is 1.64. The lowest BCUT2D eigenvalue weighted by Crippen LogP contribution is -2.39. The number of carbonyl (C=O) groups is 1. The van der Waals surface area contributed by atoms with Gasteiger partial charge in [0.05, 0.1) is 0 Å². The third-order valence-corrected chi connectivity index (χ3v) is 2.95. The average molecular weight is 258 g/mol. The van der Waals surface area contributed by atoms with Crippen LogP contribution in [0.4, 0.5) is 0 Å². The van der Waals surface area contributed by atoms with Crippen molar-refractivity contribution in [2.45, 2.75) is 44.8 Å². The molecule has 0 radical (unpaired) electrons. The van der Waals surface area contributed by atoms with Crippen LogP contribution in [0.1, 0.15) is 49.2 Å². The van der Waals surface area contributed by atoms with Gasteiger partial charge < -0.3 is 10.4 Å². The highest BCUT2D eigenvalue weighted by Gasteiger charge is 2.20. The third kappa shape index (κ3) is 4.08. The van der Waals surface area contributed by atoms with Crippen molar-refractivity contribution in [2.24, 2.45) is 0 Å². The molecule has 0 saturated heterocycles. The van der Waals surface area contributed by atoms with Gasteiger partial charge in [0.2, 0.25) is 0 Å². The van der Waals surface area contributed by atoms with Gasteiger partial charge in [-0.15, -0.1) is 0 Å². The van der Waals surface area contributed by atoms with E-state index in [1.165, 1.54) is 6.42 Å². The zero-order chi connectivity index (χ0) is 13.9. The van der Waals surface area contributed by atoms with E-state index in [-0.39, 0.29) is 5.91 Å². The summed E-state index contributed by atoms with van der Waals surface area (Å²) >= 11 is 0. The summed E-state index contributed by atoms with van der Waals surface area (Å²) in [6.07, 6.45) is 4.85. The molecule has 0 bridgehead atoms. The van der Waals surface area contributed by atoms with Crippen molar-refractivity contribution in [3.05, 3.63) is 29.6 Å². The Morgan fingerprint density at radius 1 is 1.47 bits per heavy atom. The van der Waals surface area contributed by atoms with E-state index >= 15 is 0 Å². The van der Waals surface area contributed by atoms with Gasteiger partial charge in [-0.05, 0) is 45.2 Å². The number of hydrogen-bond donors (Lipinski definition) is 2. The summed E-state index contributed by atoms with van der Waals surface area (Å²) in [6.45, 7) is 3.24. The Labute approximate surface area is 113 Å². The van der Waals surface area contributed by atoms with Gasteiger partial charge in [0.25, 0.3) is 5.91 Å². The quantitative estimate of drug-likeness (QED) is 0.790. The first-order valence-electron chi connectivity index (χ1n) is 6.46. The molecule has 1 saturated carbocycles. The van der Waals surface area contributed by atoms with Gasteiger partial charge in [0, 0.05) is 17.8 Å². The topological polar surface area (TPSA) is 62.2 Å². The maximum atomic E-state index is 11.8. The lowest BCUT2D eigenvalue weighted by Gasteiger charge is -2.26. The molecule has 1 aromatic heterocycles. The third-order valence-electron chi connectivity index (χ3n) is 2.95. The number of hydrogen-bond acceptors (Lipinski definition) is 3. The molecule has 0 aliphatic heterocycles.